The van der Waals surface area contributed by atoms with E-state index in [1.54, 1.807) is 18.3 Å². The van der Waals surface area contributed by atoms with E-state index in [2.05, 4.69) is 4.98 Å². The Balaban J connectivity index is 2.14. The molecule has 0 spiro atoms. The van der Waals surface area contributed by atoms with Crippen LogP contribution in [0.4, 0.5) is 4.39 Å². The fourth-order valence-electron chi connectivity index (χ4n) is 2.03. The molecule has 3 aromatic rings. The first-order chi connectivity index (χ1) is 9.54. The van der Waals surface area contributed by atoms with Crippen LogP contribution in [0.1, 0.15) is 10.4 Å². The van der Waals surface area contributed by atoms with E-state index < -0.39 is 17.3 Å². The molecule has 0 saturated heterocycles. The normalized spacial score (nSPS) is 10.8. The molecule has 0 unspecified atom stereocenters. The third kappa shape index (κ3) is 1.97. The van der Waals surface area contributed by atoms with Crippen molar-refractivity contribution >= 4 is 11.5 Å². The number of benzene rings is 1. The number of aromatic carboxylic acids is 1. The third-order valence-electron chi connectivity index (χ3n) is 3.01. The number of carbonyl (C=O) groups is 1. The molecule has 6 heteroatoms. The Hall–Kier alpha value is -2.89. The average molecular weight is 272 g/mol. The Morgan fingerprint density at radius 3 is 2.55 bits per heavy atom. The summed E-state index contributed by atoms with van der Waals surface area (Å²) >= 11 is 0. The van der Waals surface area contributed by atoms with Gasteiger partial charge in [-0.2, -0.15) is 0 Å². The minimum atomic E-state index is -1.02. The van der Waals surface area contributed by atoms with Crippen LogP contribution >= 0.6 is 0 Å². The molecule has 0 aliphatic rings. The summed E-state index contributed by atoms with van der Waals surface area (Å²) in [7, 11) is 0. The predicted molar refractivity (Wildman–Crippen MR) is 70.4 cm³/mol. The highest BCUT2D eigenvalue weighted by atomic mass is 19.1. The second-order valence-corrected chi connectivity index (χ2v) is 4.33. The maximum atomic E-state index is 13.1. The van der Waals surface area contributed by atoms with Crippen molar-refractivity contribution in [2.24, 2.45) is 0 Å². The molecule has 5 nitrogen and oxygen atoms in total. The lowest BCUT2D eigenvalue weighted by atomic mass is 10.1. The van der Waals surface area contributed by atoms with Gasteiger partial charge in [0.05, 0.1) is 11.3 Å². The number of H-pyrrole nitrogens is 1. The first kappa shape index (κ1) is 12.2. The SMILES string of the molecule is O=C(O)c1ccc(-c2cn3cc(F)cc3c(=O)[nH]2)cc1. The van der Waals surface area contributed by atoms with Crippen molar-refractivity contribution in [3.05, 3.63) is 64.5 Å². The number of hydrogen-bond donors (Lipinski definition) is 2. The summed E-state index contributed by atoms with van der Waals surface area (Å²) in [5.74, 6) is -1.51. The largest absolute Gasteiger partial charge is 0.478 e. The molecule has 2 aromatic heterocycles. The Bertz CT molecular complexity index is 862. The zero-order valence-corrected chi connectivity index (χ0v) is 10.1. The highest BCUT2D eigenvalue weighted by Gasteiger charge is 2.07. The second-order valence-electron chi connectivity index (χ2n) is 4.33. The number of halogens is 1. The van der Waals surface area contributed by atoms with Gasteiger partial charge in [-0.25, -0.2) is 9.18 Å². The van der Waals surface area contributed by atoms with E-state index >= 15 is 0 Å². The molecule has 0 saturated carbocycles. The molecule has 0 atom stereocenters. The van der Waals surface area contributed by atoms with Gasteiger partial charge in [-0.15, -0.1) is 0 Å². The van der Waals surface area contributed by atoms with Crippen LogP contribution in [-0.2, 0) is 0 Å². The molecule has 2 heterocycles. The van der Waals surface area contributed by atoms with Gasteiger partial charge in [-0.3, -0.25) is 4.79 Å². The minimum absolute atomic E-state index is 0.157. The number of carboxylic acids is 1. The van der Waals surface area contributed by atoms with E-state index in [1.807, 2.05) is 0 Å². The molecular formula is C14H9FN2O3. The maximum Gasteiger partial charge on any atom is 0.335 e. The van der Waals surface area contributed by atoms with Gasteiger partial charge in [0, 0.05) is 18.5 Å². The number of nitrogens with zero attached hydrogens (tertiary/aromatic N) is 1. The van der Waals surface area contributed by atoms with Crippen molar-refractivity contribution in [3.63, 3.8) is 0 Å². The van der Waals surface area contributed by atoms with E-state index in [1.165, 1.54) is 22.7 Å². The minimum Gasteiger partial charge on any atom is -0.478 e. The van der Waals surface area contributed by atoms with Gasteiger partial charge in [-0.1, -0.05) is 12.1 Å². The number of aromatic nitrogens is 2. The average Bonchev–Trinajstić information content (AvgIpc) is 2.80. The van der Waals surface area contributed by atoms with Gasteiger partial charge in [0.2, 0.25) is 0 Å². The summed E-state index contributed by atoms with van der Waals surface area (Å²) in [6.45, 7) is 0. The van der Waals surface area contributed by atoms with Crippen LogP contribution in [0.25, 0.3) is 16.8 Å². The van der Waals surface area contributed by atoms with Gasteiger partial charge < -0.3 is 14.5 Å². The van der Waals surface area contributed by atoms with Crippen LogP contribution in [0, 0.1) is 5.82 Å². The summed E-state index contributed by atoms with van der Waals surface area (Å²) in [5, 5.41) is 8.83. The maximum absolute atomic E-state index is 13.1. The molecular weight excluding hydrogens is 263 g/mol. The fraction of sp³-hybridized carbons (Fsp3) is 0. The summed E-state index contributed by atoms with van der Waals surface area (Å²) in [6, 6.07) is 7.20. The summed E-state index contributed by atoms with van der Waals surface area (Å²) in [4.78, 5) is 25.2. The summed E-state index contributed by atoms with van der Waals surface area (Å²) < 4.78 is 14.5. The molecule has 3 rings (SSSR count). The first-order valence-corrected chi connectivity index (χ1v) is 5.79. The second kappa shape index (κ2) is 4.34. The van der Waals surface area contributed by atoms with Crippen LogP contribution < -0.4 is 5.56 Å². The van der Waals surface area contributed by atoms with Gasteiger partial charge in [0.25, 0.3) is 5.56 Å². The van der Waals surface area contributed by atoms with Crippen LogP contribution in [0.2, 0.25) is 0 Å². The van der Waals surface area contributed by atoms with Gasteiger partial charge in [-0.05, 0) is 17.7 Å². The number of hydrogen-bond acceptors (Lipinski definition) is 2. The van der Waals surface area contributed by atoms with E-state index in [4.69, 9.17) is 5.11 Å². The van der Waals surface area contributed by atoms with Gasteiger partial charge in [0.1, 0.15) is 11.3 Å². The molecule has 2 N–H and O–H groups in total. The molecule has 0 fully saturated rings. The van der Waals surface area contributed by atoms with Crippen LogP contribution in [-0.4, -0.2) is 20.5 Å². The summed E-state index contributed by atoms with van der Waals surface area (Å²) in [5.41, 5.74) is 1.09. The molecule has 0 aliphatic heterocycles. The number of aromatic amines is 1. The fourth-order valence-corrected chi connectivity index (χ4v) is 2.03. The molecule has 20 heavy (non-hydrogen) atoms. The van der Waals surface area contributed by atoms with Crippen LogP contribution in [0.3, 0.4) is 0 Å². The Morgan fingerprint density at radius 1 is 1.20 bits per heavy atom. The molecule has 0 bridgehead atoms. The zero-order chi connectivity index (χ0) is 14.3. The lowest BCUT2D eigenvalue weighted by molar-refractivity contribution is 0.0697. The Morgan fingerprint density at radius 2 is 1.90 bits per heavy atom. The first-order valence-electron chi connectivity index (χ1n) is 5.79. The van der Waals surface area contributed by atoms with E-state index in [-0.39, 0.29) is 11.1 Å². The summed E-state index contributed by atoms with van der Waals surface area (Å²) in [6.07, 6.45) is 2.79. The Kier molecular flexibility index (Phi) is 2.64. The van der Waals surface area contributed by atoms with Crippen molar-refractivity contribution in [1.29, 1.82) is 0 Å². The molecule has 0 amide bonds. The van der Waals surface area contributed by atoms with Gasteiger partial charge in [0.15, 0.2) is 0 Å². The van der Waals surface area contributed by atoms with Crippen molar-refractivity contribution in [2.45, 2.75) is 0 Å². The lowest BCUT2D eigenvalue weighted by Gasteiger charge is -2.03. The van der Waals surface area contributed by atoms with E-state index in [0.29, 0.717) is 11.3 Å². The highest BCUT2D eigenvalue weighted by molar-refractivity contribution is 5.88. The third-order valence-corrected chi connectivity index (χ3v) is 3.01. The molecule has 1 aromatic carbocycles. The van der Waals surface area contributed by atoms with Crippen molar-refractivity contribution < 1.29 is 14.3 Å². The topological polar surface area (TPSA) is 74.6 Å². The smallest absolute Gasteiger partial charge is 0.335 e. The highest BCUT2D eigenvalue weighted by Crippen LogP contribution is 2.17. The standard InChI is InChI=1S/C14H9FN2O3/c15-10-5-12-13(18)16-11(7-17(12)6-10)8-1-3-9(4-2-8)14(19)20/h1-7H,(H,16,18)(H,19,20). The van der Waals surface area contributed by atoms with Crippen molar-refractivity contribution in [3.8, 4) is 11.3 Å². The number of rotatable bonds is 2. The quantitative estimate of drug-likeness (QED) is 0.750. The lowest BCUT2D eigenvalue weighted by Crippen LogP contribution is -2.09. The molecule has 0 radical (unpaired) electrons. The monoisotopic (exact) mass is 272 g/mol. The van der Waals surface area contributed by atoms with Crippen molar-refractivity contribution in [2.75, 3.05) is 0 Å². The zero-order valence-electron chi connectivity index (χ0n) is 10.1. The Labute approximate surface area is 111 Å². The van der Waals surface area contributed by atoms with Crippen LogP contribution in [0.15, 0.2) is 47.5 Å². The van der Waals surface area contributed by atoms with Gasteiger partial charge >= 0.3 is 5.97 Å². The molecule has 0 aliphatic carbocycles. The number of fused-ring (bicyclic) bond motifs is 1. The number of carboxylic acid groups (broad SMARTS) is 1. The predicted octanol–water partition coefficient (Wildman–Crippen LogP) is 2.13. The van der Waals surface area contributed by atoms with Crippen molar-refractivity contribution in [1.82, 2.24) is 9.38 Å². The van der Waals surface area contributed by atoms with Crippen LogP contribution in [0.5, 0.6) is 0 Å². The number of nitrogens with one attached hydrogen (secondary N) is 1. The van der Waals surface area contributed by atoms with E-state index in [0.717, 1.165) is 6.07 Å². The van der Waals surface area contributed by atoms with E-state index in [9.17, 15) is 14.0 Å². The molecule has 100 valence electrons.